The maximum Gasteiger partial charge on any atom is 0.111 e. The van der Waals surface area contributed by atoms with E-state index in [1.807, 2.05) is 0 Å². The van der Waals surface area contributed by atoms with Crippen LogP contribution in [0.5, 0.6) is 0 Å². The summed E-state index contributed by atoms with van der Waals surface area (Å²) in [6.07, 6.45) is 15.8. The predicted molar refractivity (Wildman–Crippen MR) is 111 cm³/mol. The third kappa shape index (κ3) is 2.94. The average Bonchev–Trinajstić information content (AvgIpc) is 2.97. The van der Waals surface area contributed by atoms with Crippen molar-refractivity contribution in [1.29, 1.82) is 0 Å². The molecule has 3 heteroatoms. The van der Waals surface area contributed by atoms with Crippen molar-refractivity contribution in [3.05, 3.63) is 11.6 Å². The highest BCUT2D eigenvalue weighted by molar-refractivity contribution is 5.25. The largest absolute Gasteiger partial charge is 0.393 e. The summed E-state index contributed by atoms with van der Waals surface area (Å²) >= 11 is 0. The van der Waals surface area contributed by atoms with Gasteiger partial charge in [-0.25, -0.2) is 0 Å². The lowest BCUT2D eigenvalue weighted by Crippen LogP contribution is -2.50. The molecule has 1 aliphatic heterocycles. The first-order valence-corrected chi connectivity index (χ1v) is 12.0. The van der Waals surface area contributed by atoms with E-state index in [0.717, 1.165) is 49.4 Å². The number of hydrogen-bond donors (Lipinski definition) is 2. The molecule has 1 saturated heterocycles. The highest BCUT2D eigenvalue weighted by atomic mass is 16.5. The number of hydrogen-bond acceptors (Lipinski definition) is 3. The van der Waals surface area contributed by atoms with Crippen molar-refractivity contribution in [2.45, 2.75) is 96.2 Å². The summed E-state index contributed by atoms with van der Waals surface area (Å²) in [6, 6.07) is 0. The van der Waals surface area contributed by atoms with Gasteiger partial charge in [0.05, 0.1) is 19.3 Å². The Hall–Kier alpha value is -0.380. The van der Waals surface area contributed by atoms with Gasteiger partial charge in [-0.15, -0.1) is 0 Å². The molecule has 5 aliphatic rings. The molecule has 4 aliphatic carbocycles. The molecule has 28 heavy (non-hydrogen) atoms. The number of aliphatic hydroxyl groups excluding tert-OH is 1. The van der Waals surface area contributed by atoms with E-state index in [2.05, 4.69) is 19.9 Å². The molecule has 0 aromatic heterocycles. The number of allylic oxidation sites excluding steroid dienone is 1. The zero-order chi connectivity index (χ0) is 19.6. The zero-order valence-electron chi connectivity index (χ0n) is 18.0. The molecule has 6 unspecified atom stereocenters. The van der Waals surface area contributed by atoms with E-state index >= 15 is 0 Å². The Bertz CT molecular complexity index is 638. The molecular formula is C25H40O3. The molecule has 0 radical (unpaired) electrons. The molecule has 1 heterocycles. The molecule has 3 saturated carbocycles. The lowest BCUT2D eigenvalue weighted by Gasteiger charge is -2.58. The van der Waals surface area contributed by atoms with Crippen LogP contribution >= 0.6 is 0 Å². The monoisotopic (exact) mass is 388 g/mol. The summed E-state index contributed by atoms with van der Waals surface area (Å²) in [4.78, 5) is 0. The Kier molecular flexibility index (Phi) is 4.77. The summed E-state index contributed by atoms with van der Waals surface area (Å²) in [5.74, 6) is 3.42. The van der Waals surface area contributed by atoms with Gasteiger partial charge in [0.25, 0.3) is 0 Å². The summed E-state index contributed by atoms with van der Waals surface area (Å²) in [5.41, 5.74) is 1.94. The first kappa shape index (κ1) is 19.6. The van der Waals surface area contributed by atoms with Crippen LogP contribution in [0.25, 0.3) is 0 Å². The van der Waals surface area contributed by atoms with Crippen LogP contribution in [-0.4, -0.2) is 35.1 Å². The zero-order valence-corrected chi connectivity index (χ0v) is 18.0. The van der Waals surface area contributed by atoms with E-state index in [1.165, 1.54) is 44.9 Å². The van der Waals surface area contributed by atoms with Crippen molar-refractivity contribution < 1.29 is 14.9 Å². The van der Waals surface area contributed by atoms with Gasteiger partial charge >= 0.3 is 0 Å². The Balaban J connectivity index is 1.28. The molecule has 0 amide bonds. The molecule has 0 aromatic rings. The van der Waals surface area contributed by atoms with Crippen LogP contribution in [-0.2, 0) is 4.74 Å². The second-order valence-electron chi connectivity index (χ2n) is 11.6. The minimum atomic E-state index is -0.513. The van der Waals surface area contributed by atoms with Gasteiger partial charge in [0.2, 0.25) is 0 Å². The second kappa shape index (κ2) is 6.82. The first-order valence-electron chi connectivity index (χ1n) is 12.0. The third-order valence-corrected chi connectivity index (χ3v) is 10.2. The van der Waals surface area contributed by atoms with E-state index in [0.29, 0.717) is 24.0 Å². The Labute approximate surface area is 170 Å². The van der Waals surface area contributed by atoms with Crippen LogP contribution in [0.2, 0.25) is 0 Å². The van der Waals surface area contributed by atoms with E-state index in [9.17, 15) is 10.2 Å². The van der Waals surface area contributed by atoms with Gasteiger partial charge in [-0.05, 0) is 98.7 Å². The summed E-state index contributed by atoms with van der Waals surface area (Å²) < 4.78 is 5.21. The average molecular weight is 389 g/mol. The number of ether oxygens (including phenoxy) is 1. The summed E-state index contributed by atoms with van der Waals surface area (Å²) in [6.45, 7) is 6.23. The third-order valence-electron chi connectivity index (χ3n) is 10.2. The van der Waals surface area contributed by atoms with Crippen molar-refractivity contribution in [3.8, 4) is 0 Å². The van der Waals surface area contributed by atoms with Gasteiger partial charge in [-0.1, -0.05) is 31.9 Å². The lowest BCUT2D eigenvalue weighted by atomic mass is 9.47. The molecule has 0 aromatic carbocycles. The standard InChI is InChI=1S/C25H40O3/c1-23-13-10-22-20(7-5-18-14-19(26)9-12-24(18,22)2)21(23)8-6-17(23)4-3-11-25(27)15-28-16-25/h5,17,19-22,26-27H,3-4,6-16H2,1-2H3/t17?,19-,20?,21?,22?,23?,24?/m0/s1. The minimum Gasteiger partial charge on any atom is -0.393 e. The lowest BCUT2D eigenvalue weighted by molar-refractivity contribution is -0.182. The van der Waals surface area contributed by atoms with E-state index < -0.39 is 5.60 Å². The molecule has 4 fully saturated rings. The topological polar surface area (TPSA) is 49.7 Å². The van der Waals surface area contributed by atoms with E-state index in [-0.39, 0.29) is 6.10 Å². The van der Waals surface area contributed by atoms with Crippen LogP contribution in [0.4, 0.5) is 0 Å². The van der Waals surface area contributed by atoms with Gasteiger partial charge < -0.3 is 14.9 Å². The predicted octanol–water partition coefficient (Wildman–Crippen LogP) is 4.86. The Morgan fingerprint density at radius 3 is 2.64 bits per heavy atom. The van der Waals surface area contributed by atoms with Crippen molar-refractivity contribution in [2.24, 2.45) is 34.5 Å². The SMILES string of the molecule is CC12CC[C@H](O)CC1=CCC1C2CCC2(C)C(CCCC3(O)COC3)CCC12. The van der Waals surface area contributed by atoms with Crippen molar-refractivity contribution in [3.63, 3.8) is 0 Å². The quantitative estimate of drug-likeness (QED) is 0.676. The van der Waals surface area contributed by atoms with Crippen molar-refractivity contribution >= 4 is 0 Å². The molecule has 5 rings (SSSR count). The maximum atomic E-state index is 10.3. The van der Waals surface area contributed by atoms with Crippen LogP contribution in [0.1, 0.15) is 84.5 Å². The molecule has 0 bridgehead atoms. The highest BCUT2D eigenvalue weighted by Gasteiger charge is 2.58. The molecule has 0 spiro atoms. The van der Waals surface area contributed by atoms with Gasteiger partial charge in [0.15, 0.2) is 0 Å². The van der Waals surface area contributed by atoms with E-state index in [1.54, 1.807) is 5.57 Å². The minimum absolute atomic E-state index is 0.100. The molecule has 7 atom stereocenters. The fourth-order valence-electron chi connectivity index (χ4n) is 8.38. The fourth-order valence-corrected chi connectivity index (χ4v) is 8.38. The van der Waals surface area contributed by atoms with E-state index in [4.69, 9.17) is 4.74 Å². The van der Waals surface area contributed by atoms with Crippen LogP contribution in [0.3, 0.4) is 0 Å². The molecule has 158 valence electrons. The maximum absolute atomic E-state index is 10.3. The normalized spacial score (nSPS) is 49.4. The van der Waals surface area contributed by atoms with Gasteiger partial charge in [0.1, 0.15) is 5.60 Å². The fraction of sp³-hybridized carbons (Fsp3) is 0.920. The van der Waals surface area contributed by atoms with Crippen molar-refractivity contribution in [2.75, 3.05) is 13.2 Å². The number of aliphatic hydroxyl groups is 2. The van der Waals surface area contributed by atoms with Gasteiger partial charge in [-0.2, -0.15) is 0 Å². The smallest absolute Gasteiger partial charge is 0.111 e. The first-order chi connectivity index (χ1) is 13.3. The van der Waals surface area contributed by atoms with Crippen LogP contribution in [0, 0.1) is 34.5 Å². The van der Waals surface area contributed by atoms with Crippen molar-refractivity contribution in [1.82, 2.24) is 0 Å². The molecular weight excluding hydrogens is 348 g/mol. The number of fused-ring (bicyclic) bond motifs is 5. The second-order valence-corrected chi connectivity index (χ2v) is 11.6. The Morgan fingerprint density at radius 2 is 1.89 bits per heavy atom. The summed E-state index contributed by atoms with van der Waals surface area (Å²) in [5, 5.41) is 20.5. The Morgan fingerprint density at radius 1 is 1.07 bits per heavy atom. The van der Waals surface area contributed by atoms with Gasteiger partial charge in [0, 0.05) is 0 Å². The van der Waals surface area contributed by atoms with Crippen LogP contribution in [0.15, 0.2) is 11.6 Å². The molecule has 2 N–H and O–H groups in total. The highest BCUT2D eigenvalue weighted by Crippen LogP contribution is 2.66. The molecule has 3 nitrogen and oxygen atoms in total. The van der Waals surface area contributed by atoms with Crippen LogP contribution < -0.4 is 0 Å². The number of rotatable bonds is 4. The summed E-state index contributed by atoms with van der Waals surface area (Å²) in [7, 11) is 0. The van der Waals surface area contributed by atoms with Gasteiger partial charge in [-0.3, -0.25) is 0 Å².